The van der Waals surface area contributed by atoms with Crippen LogP contribution in [0, 0.1) is 6.92 Å². The van der Waals surface area contributed by atoms with Crippen LogP contribution in [0.3, 0.4) is 0 Å². The number of aromatic amines is 2. The molecule has 1 heterocycles. The Morgan fingerprint density at radius 1 is 1.17 bits per heavy atom. The normalized spacial score (nSPS) is 10.6. The largest absolute Gasteiger partial charge is 0.341 e. The minimum atomic E-state index is -0.532. The maximum Gasteiger partial charge on any atom is 0.325 e. The molecule has 0 aliphatic heterocycles. The Balaban J connectivity index is 1.98. The monoisotopic (exact) mass is 379 g/mol. The van der Waals surface area contributed by atoms with E-state index in [4.69, 9.17) is 0 Å². The fraction of sp³-hybridized carbons (Fsp3) is 0.312. The summed E-state index contributed by atoms with van der Waals surface area (Å²) in [5, 5.41) is 0. The second-order valence-electron chi connectivity index (χ2n) is 5.39. The molecule has 1 aromatic carbocycles. The molecule has 0 fully saturated rings. The van der Waals surface area contributed by atoms with E-state index < -0.39 is 11.2 Å². The number of aromatic nitrogens is 2. The van der Waals surface area contributed by atoms with Crippen molar-refractivity contribution in [3.8, 4) is 0 Å². The van der Waals surface area contributed by atoms with Crippen LogP contribution in [0.25, 0.3) is 0 Å². The van der Waals surface area contributed by atoms with Crippen molar-refractivity contribution in [3.63, 3.8) is 0 Å². The van der Waals surface area contributed by atoms with Gasteiger partial charge in [0.1, 0.15) is 0 Å². The van der Waals surface area contributed by atoms with Gasteiger partial charge in [-0.3, -0.25) is 14.6 Å². The third-order valence-corrected chi connectivity index (χ3v) is 4.13. The van der Waals surface area contributed by atoms with Gasteiger partial charge in [-0.2, -0.15) is 0 Å². The average molecular weight is 380 g/mol. The van der Waals surface area contributed by atoms with Crippen molar-refractivity contribution in [1.29, 1.82) is 0 Å². The molecule has 0 aliphatic carbocycles. The van der Waals surface area contributed by atoms with Crippen molar-refractivity contribution < 1.29 is 4.79 Å². The number of amides is 1. The molecule has 1 amide bonds. The Hall–Kier alpha value is -2.15. The van der Waals surface area contributed by atoms with Gasteiger partial charge in [0.25, 0.3) is 5.56 Å². The van der Waals surface area contributed by atoms with E-state index in [2.05, 4.69) is 25.9 Å². The van der Waals surface area contributed by atoms with Gasteiger partial charge in [-0.15, -0.1) is 0 Å². The lowest BCUT2D eigenvalue weighted by molar-refractivity contribution is -0.130. The van der Waals surface area contributed by atoms with Crippen LogP contribution in [0.15, 0.2) is 38.3 Å². The molecule has 122 valence electrons. The lowest BCUT2D eigenvalue weighted by atomic mass is 10.1. The lowest BCUT2D eigenvalue weighted by Gasteiger charge is -2.17. The molecule has 0 saturated heterocycles. The summed E-state index contributed by atoms with van der Waals surface area (Å²) >= 11 is 3.37. The number of hydrogen-bond donors (Lipinski definition) is 2. The Kier molecular flexibility index (Phi) is 5.54. The highest BCUT2D eigenvalue weighted by Crippen LogP contribution is 2.12. The van der Waals surface area contributed by atoms with Crippen molar-refractivity contribution in [2.45, 2.75) is 26.3 Å². The first-order chi connectivity index (χ1) is 10.9. The first kappa shape index (κ1) is 17.2. The predicted octanol–water partition coefficient (Wildman–Crippen LogP) is 1.73. The summed E-state index contributed by atoms with van der Waals surface area (Å²) < 4.78 is 0.989. The van der Waals surface area contributed by atoms with Crippen molar-refractivity contribution in [2.24, 2.45) is 0 Å². The Morgan fingerprint density at radius 2 is 1.83 bits per heavy atom. The number of nitrogens with zero attached hydrogens (tertiary/aromatic N) is 1. The topological polar surface area (TPSA) is 86.0 Å². The standard InChI is InChI=1S/C16H18BrN3O3/c1-10-13(15(22)19-16(23)18-10)7-8-14(21)20(2)9-11-3-5-12(17)6-4-11/h3-6H,7-9H2,1-2H3,(H2,18,19,22,23). The van der Waals surface area contributed by atoms with Crippen molar-refractivity contribution in [2.75, 3.05) is 7.05 Å². The van der Waals surface area contributed by atoms with Gasteiger partial charge in [-0.05, 0) is 31.0 Å². The van der Waals surface area contributed by atoms with Gasteiger partial charge in [0.15, 0.2) is 0 Å². The molecule has 0 atom stereocenters. The van der Waals surface area contributed by atoms with Gasteiger partial charge in [0.2, 0.25) is 5.91 Å². The van der Waals surface area contributed by atoms with Gasteiger partial charge < -0.3 is 9.88 Å². The molecule has 2 aromatic rings. The molecule has 0 unspecified atom stereocenters. The molecule has 1 aromatic heterocycles. The molecule has 7 heteroatoms. The van der Waals surface area contributed by atoms with Crippen molar-refractivity contribution >= 4 is 21.8 Å². The van der Waals surface area contributed by atoms with E-state index in [1.807, 2.05) is 24.3 Å². The summed E-state index contributed by atoms with van der Waals surface area (Å²) in [4.78, 5) is 41.5. The molecule has 6 nitrogen and oxygen atoms in total. The number of halogens is 1. The third-order valence-electron chi connectivity index (χ3n) is 3.60. The highest BCUT2D eigenvalue weighted by atomic mass is 79.9. The molecular weight excluding hydrogens is 362 g/mol. The van der Waals surface area contributed by atoms with Crippen LogP contribution >= 0.6 is 15.9 Å². The summed E-state index contributed by atoms with van der Waals surface area (Å²) in [5.74, 6) is -0.0575. The second kappa shape index (κ2) is 7.41. The number of aryl methyl sites for hydroxylation is 1. The molecule has 0 spiro atoms. The molecule has 0 aliphatic rings. The molecule has 0 bridgehead atoms. The molecule has 2 rings (SSSR count). The first-order valence-corrected chi connectivity index (χ1v) is 7.96. The van der Waals surface area contributed by atoms with Crippen LogP contribution in [0.2, 0.25) is 0 Å². The van der Waals surface area contributed by atoms with E-state index >= 15 is 0 Å². The second-order valence-corrected chi connectivity index (χ2v) is 6.30. The highest BCUT2D eigenvalue weighted by molar-refractivity contribution is 9.10. The zero-order chi connectivity index (χ0) is 17.0. The number of carbonyl (C=O) groups excluding carboxylic acids is 1. The van der Waals surface area contributed by atoms with Crippen LogP contribution < -0.4 is 11.2 Å². The molecule has 2 N–H and O–H groups in total. The van der Waals surface area contributed by atoms with Gasteiger partial charge in [-0.25, -0.2) is 4.79 Å². The number of rotatable bonds is 5. The maximum absolute atomic E-state index is 12.2. The van der Waals surface area contributed by atoms with E-state index in [0.29, 0.717) is 24.2 Å². The Morgan fingerprint density at radius 3 is 2.43 bits per heavy atom. The SMILES string of the molecule is Cc1[nH]c(=O)[nH]c(=O)c1CCC(=O)N(C)Cc1ccc(Br)cc1. The summed E-state index contributed by atoms with van der Waals surface area (Å²) in [6.07, 6.45) is 0.504. The minimum Gasteiger partial charge on any atom is -0.341 e. The molecule has 0 radical (unpaired) electrons. The summed E-state index contributed by atoms with van der Waals surface area (Å²) in [7, 11) is 1.73. The maximum atomic E-state index is 12.2. The minimum absolute atomic E-state index is 0.0575. The molecule has 0 saturated carbocycles. The van der Waals surface area contributed by atoms with Gasteiger partial charge >= 0.3 is 5.69 Å². The van der Waals surface area contributed by atoms with Gasteiger partial charge in [0, 0.05) is 35.7 Å². The van der Waals surface area contributed by atoms with Crippen LogP contribution in [0.1, 0.15) is 23.2 Å². The van der Waals surface area contributed by atoms with E-state index in [0.717, 1.165) is 10.0 Å². The smallest absolute Gasteiger partial charge is 0.325 e. The third kappa shape index (κ3) is 4.66. The summed E-state index contributed by atoms with van der Waals surface area (Å²) in [6, 6.07) is 7.75. The van der Waals surface area contributed by atoms with E-state index in [-0.39, 0.29) is 12.3 Å². The zero-order valence-corrected chi connectivity index (χ0v) is 14.6. The predicted molar refractivity (Wildman–Crippen MR) is 91.4 cm³/mol. The van der Waals surface area contributed by atoms with E-state index in [1.54, 1.807) is 18.9 Å². The average Bonchev–Trinajstić information content (AvgIpc) is 2.48. The van der Waals surface area contributed by atoms with E-state index in [1.165, 1.54) is 0 Å². The summed E-state index contributed by atoms with van der Waals surface area (Å²) in [6.45, 7) is 2.16. The Labute approximate surface area is 141 Å². The van der Waals surface area contributed by atoms with Crippen molar-refractivity contribution in [1.82, 2.24) is 14.9 Å². The molecule has 23 heavy (non-hydrogen) atoms. The Bertz CT molecular complexity index is 809. The van der Waals surface area contributed by atoms with Crippen molar-refractivity contribution in [3.05, 3.63) is 66.4 Å². The van der Waals surface area contributed by atoms with Crippen LogP contribution in [-0.4, -0.2) is 27.8 Å². The van der Waals surface area contributed by atoms with Crippen LogP contribution in [0.5, 0.6) is 0 Å². The number of benzene rings is 1. The highest BCUT2D eigenvalue weighted by Gasteiger charge is 2.12. The number of H-pyrrole nitrogens is 2. The fourth-order valence-electron chi connectivity index (χ4n) is 2.30. The van der Waals surface area contributed by atoms with E-state index in [9.17, 15) is 14.4 Å². The zero-order valence-electron chi connectivity index (χ0n) is 13.0. The lowest BCUT2D eigenvalue weighted by Crippen LogP contribution is -2.30. The van der Waals surface area contributed by atoms with Crippen LogP contribution in [0.4, 0.5) is 0 Å². The molecular formula is C16H18BrN3O3. The van der Waals surface area contributed by atoms with Crippen LogP contribution in [-0.2, 0) is 17.8 Å². The summed E-state index contributed by atoms with van der Waals surface area (Å²) in [5.41, 5.74) is 1.00. The fourth-order valence-corrected chi connectivity index (χ4v) is 2.57. The van der Waals surface area contributed by atoms with Gasteiger partial charge in [0.05, 0.1) is 0 Å². The quantitative estimate of drug-likeness (QED) is 0.829. The first-order valence-electron chi connectivity index (χ1n) is 7.17. The number of nitrogens with one attached hydrogen (secondary N) is 2. The van der Waals surface area contributed by atoms with Gasteiger partial charge in [-0.1, -0.05) is 28.1 Å². The number of hydrogen-bond acceptors (Lipinski definition) is 3. The number of carbonyl (C=O) groups is 1.